The van der Waals surface area contributed by atoms with Gasteiger partial charge in [-0.25, -0.2) is 9.59 Å². The molecule has 0 unspecified atom stereocenters. The van der Waals surface area contributed by atoms with Crippen molar-refractivity contribution < 1.29 is 24.5 Å². The Labute approximate surface area is 177 Å². The van der Waals surface area contributed by atoms with Crippen molar-refractivity contribution in [1.82, 2.24) is 9.80 Å². The van der Waals surface area contributed by atoms with Crippen LogP contribution in [0, 0.1) is 5.92 Å². The molecule has 1 aliphatic carbocycles. The molecule has 0 aromatic rings. The Morgan fingerprint density at radius 3 is 2.14 bits per heavy atom. The molecule has 170 valence electrons. The minimum atomic E-state index is -1.28. The highest BCUT2D eigenvalue weighted by Crippen LogP contribution is 2.31. The first-order valence-electron chi connectivity index (χ1n) is 10.8. The molecule has 1 saturated carbocycles. The third-order valence-corrected chi connectivity index (χ3v) is 7.40. The Hall–Kier alpha value is -1.28. The van der Waals surface area contributed by atoms with E-state index < -0.39 is 37.9 Å². The van der Waals surface area contributed by atoms with Gasteiger partial charge in [-0.1, -0.05) is 38.9 Å². The minimum absolute atomic E-state index is 0.0290. The molecule has 8 heteroatoms. The van der Waals surface area contributed by atoms with Gasteiger partial charge >= 0.3 is 12.2 Å². The summed E-state index contributed by atoms with van der Waals surface area (Å²) in [5, 5.41) is 20.9. The van der Waals surface area contributed by atoms with E-state index in [1.807, 2.05) is 0 Å². The molecule has 2 atom stereocenters. The van der Waals surface area contributed by atoms with E-state index in [1.165, 1.54) is 4.90 Å². The van der Waals surface area contributed by atoms with Crippen LogP contribution in [-0.2, 0) is 4.74 Å². The molecule has 29 heavy (non-hydrogen) atoms. The largest absolute Gasteiger partial charge is 0.465 e. The van der Waals surface area contributed by atoms with Gasteiger partial charge in [0.25, 0.3) is 0 Å². The molecular formula is C21H42N2O5Si. The van der Waals surface area contributed by atoms with Gasteiger partial charge in [0, 0.05) is 27.2 Å². The monoisotopic (exact) mass is 430 g/mol. The molecule has 0 bridgehead atoms. The number of carboxylic acid groups (broad SMARTS) is 1. The number of ether oxygens (including phenoxy) is 1. The van der Waals surface area contributed by atoms with Crippen LogP contribution in [-0.4, -0.2) is 78.2 Å². The van der Waals surface area contributed by atoms with Gasteiger partial charge in [0.1, 0.15) is 6.61 Å². The van der Waals surface area contributed by atoms with Crippen LogP contribution in [0.1, 0.15) is 52.9 Å². The van der Waals surface area contributed by atoms with Gasteiger partial charge in [-0.2, -0.15) is 0 Å². The summed E-state index contributed by atoms with van der Waals surface area (Å²) < 4.78 is 5.51. The molecule has 0 heterocycles. The highest BCUT2D eigenvalue weighted by atomic mass is 28.3. The maximum atomic E-state index is 12.5. The van der Waals surface area contributed by atoms with Gasteiger partial charge in [0.05, 0.1) is 12.1 Å². The Bertz CT molecular complexity index is 538. The second-order valence-electron chi connectivity index (χ2n) is 10.6. The second-order valence-corrected chi connectivity index (χ2v) is 16.2. The van der Waals surface area contributed by atoms with Crippen molar-refractivity contribution in [2.45, 2.75) is 96.2 Å². The summed E-state index contributed by atoms with van der Waals surface area (Å²) in [5.74, 6) is 0.0290. The molecule has 7 nitrogen and oxygen atoms in total. The van der Waals surface area contributed by atoms with E-state index in [1.54, 1.807) is 32.7 Å². The van der Waals surface area contributed by atoms with E-state index in [4.69, 9.17) is 4.74 Å². The van der Waals surface area contributed by atoms with Gasteiger partial charge in [-0.05, 0) is 45.6 Å². The number of aliphatic hydroxyl groups excluding tert-OH is 1. The van der Waals surface area contributed by atoms with Crippen LogP contribution in [0.2, 0.25) is 25.7 Å². The molecule has 0 aliphatic heterocycles. The van der Waals surface area contributed by atoms with Gasteiger partial charge in [0.15, 0.2) is 0 Å². The van der Waals surface area contributed by atoms with E-state index in [9.17, 15) is 19.8 Å². The fourth-order valence-corrected chi connectivity index (χ4v) is 4.91. The Balaban J connectivity index is 2.90. The standard InChI is InChI=1S/C21H42N2O5Si/c1-21(2,3)23(19(25)26)17(18(24)16-11-9-8-10-12-16)15-28-20(27)22(4)13-14-29(5,6)7/h16-18,24H,8-15H2,1-7H3,(H,25,26)/t17-,18+/m1/s1. The topological polar surface area (TPSA) is 90.3 Å². The smallest absolute Gasteiger partial charge is 0.409 e. The van der Waals surface area contributed by atoms with E-state index in [0.717, 1.165) is 38.1 Å². The van der Waals surface area contributed by atoms with Crippen molar-refractivity contribution in [3.8, 4) is 0 Å². The van der Waals surface area contributed by atoms with Crippen LogP contribution in [0.15, 0.2) is 0 Å². The fraction of sp³-hybridized carbons (Fsp3) is 0.905. The number of carbonyl (C=O) groups excluding carboxylic acids is 1. The van der Waals surface area contributed by atoms with Gasteiger partial charge in [-0.3, -0.25) is 4.90 Å². The van der Waals surface area contributed by atoms with Crippen molar-refractivity contribution in [2.75, 3.05) is 20.2 Å². The van der Waals surface area contributed by atoms with E-state index >= 15 is 0 Å². The lowest BCUT2D eigenvalue weighted by Crippen LogP contribution is -2.59. The lowest BCUT2D eigenvalue weighted by molar-refractivity contribution is -0.0497. The quantitative estimate of drug-likeness (QED) is 0.554. The number of hydrogen-bond donors (Lipinski definition) is 2. The maximum absolute atomic E-state index is 12.5. The SMILES string of the molecule is CN(CC[Si](C)(C)C)C(=O)OC[C@H]([C@@H](O)C1CCCCC1)N(C(=O)O)C(C)(C)C. The molecule has 1 aliphatic rings. The van der Waals surface area contributed by atoms with Crippen LogP contribution in [0.5, 0.6) is 0 Å². The molecule has 2 N–H and O–H groups in total. The van der Waals surface area contributed by atoms with Gasteiger partial charge in [0.2, 0.25) is 0 Å². The molecule has 0 radical (unpaired) electrons. The second kappa shape index (κ2) is 10.7. The molecule has 2 amide bonds. The Morgan fingerprint density at radius 1 is 1.14 bits per heavy atom. The predicted octanol–water partition coefficient (Wildman–Crippen LogP) is 4.48. The zero-order valence-corrected chi connectivity index (χ0v) is 20.4. The molecule has 1 fully saturated rings. The molecule has 0 saturated heterocycles. The van der Waals surface area contributed by atoms with Crippen molar-refractivity contribution in [3.05, 3.63) is 0 Å². The maximum Gasteiger partial charge on any atom is 0.409 e. The number of nitrogens with zero attached hydrogens (tertiary/aromatic N) is 2. The summed E-state index contributed by atoms with van der Waals surface area (Å²) in [6.07, 6.45) is 2.53. The third-order valence-electron chi connectivity index (χ3n) is 5.67. The molecule has 1 rings (SSSR count). The van der Waals surface area contributed by atoms with E-state index in [-0.39, 0.29) is 12.5 Å². The lowest BCUT2D eigenvalue weighted by atomic mass is 9.81. The van der Waals surface area contributed by atoms with Crippen LogP contribution in [0.3, 0.4) is 0 Å². The Kier molecular flexibility index (Phi) is 9.46. The van der Waals surface area contributed by atoms with E-state index in [2.05, 4.69) is 19.6 Å². The van der Waals surface area contributed by atoms with Crippen molar-refractivity contribution in [3.63, 3.8) is 0 Å². The summed E-state index contributed by atoms with van der Waals surface area (Å²) in [4.78, 5) is 27.3. The van der Waals surface area contributed by atoms with Crippen LogP contribution < -0.4 is 0 Å². The number of amides is 2. The van der Waals surface area contributed by atoms with Crippen molar-refractivity contribution in [1.29, 1.82) is 0 Å². The zero-order chi connectivity index (χ0) is 22.4. The summed E-state index contributed by atoms with van der Waals surface area (Å²) in [6.45, 7) is 12.6. The van der Waals surface area contributed by atoms with Gasteiger partial charge < -0.3 is 19.8 Å². The summed E-state index contributed by atoms with van der Waals surface area (Å²) in [7, 11) is 0.418. The average Bonchev–Trinajstić information content (AvgIpc) is 2.60. The van der Waals surface area contributed by atoms with Crippen molar-refractivity contribution >= 4 is 20.3 Å². The molecule has 0 aromatic carbocycles. The van der Waals surface area contributed by atoms with Gasteiger partial charge in [-0.15, -0.1) is 0 Å². The van der Waals surface area contributed by atoms with Crippen LogP contribution in [0.25, 0.3) is 0 Å². The third kappa shape index (κ3) is 8.54. The summed E-state index contributed by atoms with van der Waals surface area (Å²) in [5.41, 5.74) is -0.720. The predicted molar refractivity (Wildman–Crippen MR) is 118 cm³/mol. The first-order valence-corrected chi connectivity index (χ1v) is 14.5. The fourth-order valence-electron chi connectivity index (χ4n) is 3.90. The highest BCUT2D eigenvalue weighted by molar-refractivity contribution is 6.76. The lowest BCUT2D eigenvalue weighted by Gasteiger charge is -2.43. The molecular weight excluding hydrogens is 388 g/mol. The van der Waals surface area contributed by atoms with Crippen LogP contribution in [0.4, 0.5) is 9.59 Å². The normalized spacial score (nSPS) is 18.1. The van der Waals surface area contributed by atoms with E-state index in [0.29, 0.717) is 6.54 Å². The number of hydrogen-bond acceptors (Lipinski definition) is 4. The Morgan fingerprint density at radius 2 is 1.69 bits per heavy atom. The molecule has 0 spiro atoms. The number of rotatable bonds is 8. The summed E-state index contributed by atoms with van der Waals surface area (Å²) in [6, 6.07) is 0.181. The highest BCUT2D eigenvalue weighted by Gasteiger charge is 2.41. The number of carbonyl (C=O) groups is 2. The summed E-state index contributed by atoms with van der Waals surface area (Å²) >= 11 is 0. The minimum Gasteiger partial charge on any atom is -0.465 e. The van der Waals surface area contributed by atoms with Crippen molar-refractivity contribution in [2.24, 2.45) is 5.92 Å². The van der Waals surface area contributed by atoms with Crippen LogP contribution >= 0.6 is 0 Å². The molecule has 0 aromatic heterocycles. The number of aliphatic hydroxyl groups is 1. The first-order chi connectivity index (χ1) is 13.2. The first kappa shape index (κ1) is 25.8. The zero-order valence-electron chi connectivity index (χ0n) is 19.4. The average molecular weight is 431 g/mol.